The van der Waals surface area contributed by atoms with Gasteiger partial charge >= 0.3 is 0 Å². The zero-order valence-corrected chi connectivity index (χ0v) is 13.6. The first-order valence-corrected chi connectivity index (χ1v) is 7.66. The Morgan fingerprint density at radius 2 is 2.00 bits per heavy atom. The number of nitrogens with two attached hydrogens (primary N) is 1. The maximum atomic E-state index is 5.86. The lowest BCUT2D eigenvalue weighted by Crippen LogP contribution is -2.56. The van der Waals surface area contributed by atoms with Gasteiger partial charge in [-0.1, -0.05) is 6.42 Å². The molecule has 1 atom stereocenters. The summed E-state index contributed by atoms with van der Waals surface area (Å²) in [5, 5.41) is 4.30. The molecule has 0 aliphatic carbocycles. The maximum absolute atomic E-state index is 5.86. The molecule has 5 nitrogen and oxygen atoms in total. The summed E-state index contributed by atoms with van der Waals surface area (Å²) in [5.41, 5.74) is 4.04. The van der Waals surface area contributed by atoms with Gasteiger partial charge in [0, 0.05) is 12.6 Å². The Hall–Kier alpha value is -0.430. The summed E-state index contributed by atoms with van der Waals surface area (Å²) in [6, 6.07) is 0.0347. The van der Waals surface area contributed by atoms with E-state index in [4.69, 9.17) is 5.84 Å². The second-order valence-corrected chi connectivity index (χ2v) is 6.66. The first kappa shape index (κ1) is 15.0. The number of hydrogen-bond donors (Lipinski definition) is 2. The first-order chi connectivity index (χ1) is 8.98. The van der Waals surface area contributed by atoms with Gasteiger partial charge in [0.1, 0.15) is 0 Å². The van der Waals surface area contributed by atoms with E-state index in [1.807, 2.05) is 17.9 Å². The second kappa shape index (κ2) is 5.91. The summed E-state index contributed by atoms with van der Waals surface area (Å²) in [6.45, 7) is 6.78. The number of nitrogens with zero attached hydrogens (tertiary/aromatic N) is 3. The number of hydrogen-bond acceptors (Lipinski definition) is 4. The zero-order chi connectivity index (χ0) is 14.0. The van der Waals surface area contributed by atoms with Crippen LogP contribution in [0.25, 0.3) is 0 Å². The Morgan fingerprint density at radius 1 is 1.37 bits per heavy atom. The molecule has 2 heterocycles. The van der Waals surface area contributed by atoms with Gasteiger partial charge in [0.15, 0.2) is 0 Å². The molecule has 1 saturated heterocycles. The highest BCUT2D eigenvalue weighted by atomic mass is 79.9. The minimum Gasteiger partial charge on any atom is -0.296 e. The molecular weight excluding hydrogens is 306 g/mol. The third kappa shape index (κ3) is 2.86. The van der Waals surface area contributed by atoms with Crippen molar-refractivity contribution in [2.45, 2.75) is 44.7 Å². The van der Waals surface area contributed by atoms with E-state index in [9.17, 15) is 0 Å². The Kier molecular flexibility index (Phi) is 4.66. The Morgan fingerprint density at radius 3 is 2.47 bits per heavy atom. The molecule has 3 N–H and O–H groups in total. The molecule has 1 unspecified atom stereocenters. The molecular formula is C13H24BrN5. The summed E-state index contributed by atoms with van der Waals surface area (Å²) in [4.78, 5) is 2.53. The first-order valence-electron chi connectivity index (χ1n) is 6.87. The average molecular weight is 330 g/mol. The van der Waals surface area contributed by atoms with Crippen LogP contribution in [0.3, 0.4) is 0 Å². The number of piperidine rings is 1. The van der Waals surface area contributed by atoms with Gasteiger partial charge in [-0.25, -0.2) is 5.43 Å². The van der Waals surface area contributed by atoms with Crippen molar-refractivity contribution in [3.63, 3.8) is 0 Å². The fraction of sp³-hybridized carbons (Fsp3) is 0.769. The molecule has 1 fully saturated rings. The monoisotopic (exact) mass is 329 g/mol. The standard InChI is InChI=1S/C13H24BrN5/c1-13(2,19-7-5-4-6-8-19)12(17-15)11-10(14)9-16-18(11)3/h9,12,17H,4-8,15H2,1-3H3. The van der Waals surface area contributed by atoms with Gasteiger partial charge in [-0.3, -0.25) is 15.4 Å². The molecule has 0 saturated carbocycles. The summed E-state index contributed by atoms with van der Waals surface area (Å²) in [6.07, 6.45) is 5.70. The molecule has 0 aromatic carbocycles. The lowest BCUT2D eigenvalue weighted by molar-refractivity contribution is 0.0580. The maximum Gasteiger partial charge on any atom is 0.0818 e. The van der Waals surface area contributed by atoms with Gasteiger partial charge in [0.2, 0.25) is 0 Å². The summed E-state index contributed by atoms with van der Waals surface area (Å²) >= 11 is 3.58. The lowest BCUT2D eigenvalue weighted by atomic mass is 9.88. The van der Waals surface area contributed by atoms with Gasteiger partial charge in [0.05, 0.1) is 22.4 Å². The van der Waals surface area contributed by atoms with E-state index in [2.05, 4.69) is 45.2 Å². The van der Waals surface area contributed by atoms with Gasteiger partial charge in [-0.15, -0.1) is 0 Å². The van der Waals surface area contributed by atoms with Crippen LogP contribution in [-0.4, -0.2) is 33.3 Å². The van der Waals surface area contributed by atoms with Crippen molar-refractivity contribution in [1.82, 2.24) is 20.1 Å². The zero-order valence-electron chi connectivity index (χ0n) is 12.0. The van der Waals surface area contributed by atoms with Crippen LogP contribution in [0.5, 0.6) is 0 Å². The molecule has 0 radical (unpaired) electrons. The lowest BCUT2D eigenvalue weighted by Gasteiger charge is -2.45. The Bertz CT molecular complexity index is 403. The predicted octanol–water partition coefficient (Wildman–Crippen LogP) is 1.95. The van der Waals surface area contributed by atoms with Crippen molar-refractivity contribution < 1.29 is 0 Å². The van der Waals surface area contributed by atoms with Crippen molar-refractivity contribution >= 4 is 15.9 Å². The second-order valence-electron chi connectivity index (χ2n) is 5.80. The van der Waals surface area contributed by atoms with Crippen LogP contribution in [0.4, 0.5) is 0 Å². The SMILES string of the molecule is Cn1ncc(Br)c1C(NN)C(C)(C)N1CCCCC1. The third-order valence-electron chi connectivity index (χ3n) is 4.26. The molecule has 1 aromatic heterocycles. The number of aryl methyl sites for hydroxylation is 1. The molecule has 19 heavy (non-hydrogen) atoms. The van der Waals surface area contributed by atoms with E-state index in [-0.39, 0.29) is 11.6 Å². The van der Waals surface area contributed by atoms with Crippen LogP contribution in [0.1, 0.15) is 44.8 Å². The van der Waals surface area contributed by atoms with E-state index >= 15 is 0 Å². The minimum atomic E-state index is -0.0501. The highest BCUT2D eigenvalue weighted by Gasteiger charge is 2.38. The quantitative estimate of drug-likeness (QED) is 0.654. The summed E-state index contributed by atoms with van der Waals surface area (Å²) in [7, 11) is 1.96. The fourth-order valence-electron chi connectivity index (χ4n) is 3.02. The molecule has 108 valence electrons. The van der Waals surface area contributed by atoms with E-state index in [0.29, 0.717) is 0 Å². The van der Waals surface area contributed by atoms with Crippen LogP contribution in [0.15, 0.2) is 10.7 Å². The van der Waals surface area contributed by atoms with E-state index < -0.39 is 0 Å². The molecule has 0 amide bonds. The van der Waals surface area contributed by atoms with E-state index in [1.165, 1.54) is 19.3 Å². The third-order valence-corrected chi connectivity index (χ3v) is 4.87. The smallest absolute Gasteiger partial charge is 0.0818 e. The molecule has 2 rings (SSSR count). The molecule has 0 bridgehead atoms. The van der Waals surface area contributed by atoms with Gasteiger partial charge < -0.3 is 0 Å². The molecule has 0 spiro atoms. The highest BCUT2D eigenvalue weighted by Crippen LogP contribution is 2.35. The largest absolute Gasteiger partial charge is 0.296 e. The molecule has 1 aromatic rings. The Balaban J connectivity index is 2.29. The van der Waals surface area contributed by atoms with Crippen LogP contribution in [0, 0.1) is 0 Å². The number of likely N-dealkylation sites (tertiary alicyclic amines) is 1. The van der Waals surface area contributed by atoms with Gasteiger partial charge in [-0.2, -0.15) is 5.10 Å². The highest BCUT2D eigenvalue weighted by molar-refractivity contribution is 9.10. The molecule has 6 heteroatoms. The van der Waals surface area contributed by atoms with Crippen molar-refractivity contribution in [1.29, 1.82) is 0 Å². The van der Waals surface area contributed by atoms with Crippen molar-refractivity contribution in [2.75, 3.05) is 13.1 Å². The van der Waals surface area contributed by atoms with E-state index in [0.717, 1.165) is 23.3 Å². The predicted molar refractivity (Wildman–Crippen MR) is 80.5 cm³/mol. The van der Waals surface area contributed by atoms with Crippen molar-refractivity contribution in [3.8, 4) is 0 Å². The number of aromatic nitrogens is 2. The number of halogens is 1. The fourth-order valence-corrected chi connectivity index (χ4v) is 3.59. The summed E-state index contributed by atoms with van der Waals surface area (Å²) < 4.78 is 2.89. The number of rotatable bonds is 4. The normalized spacial score (nSPS) is 19.6. The topological polar surface area (TPSA) is 59.1 Å². The van der Waals surface area contributed by atoms with Crippen LogP contribution in [0.2, 0.25) is 0 Å². The average Bonchev–Trinajstić information content (AvgIpc) is 2.72. The van der Waals surface area contributed by atoms with Crippen LogP contribution in [-0.2, 0) is 7.05 Å². The van der Waals surface area contributed by atoms with E-state index in [1.54, 1.807) is 0 Å². The van der Waals surface area contributed by atoms with Gasteiger partial charge in [-0.05, 0) is 55.7 Å². The Labute approximate surface area is 123 Å². The number of hydrazine groups is 1. The molecule has 1 aliphatic rings. The van der Waals surface area contributed by atoms with Crippen LogP contribution >= 0.6 is 15.9 Å². The minimum absolute atomic E-state index is 0.0347. The van der Waals surface area contributed by atoms with Crippen LogP contribution < -0.4 is 11.3 Å². The van der Waals surface area contributed by atoms with Gasteiger partial charge in [0.25, 0.3) is 0 Å². The molecule has 1 aliphatic heterocycles. The summed E-state index contributed by atoms with van der Waals surface area (Å²) in [5.74, 6) is 5.86. The number of nitrogens with one attached hydrogen (secondary N) is 1. The van der Waals surface area contributed by atoms with Crippen molar-refractivity contribution in [3.05, 3.63) is 16.4 Å². The van der Waals surface area contributed by atoms with Crippen molar-refractivity contribution in [2.24, 2.45) is 12.9 Å².